The van der Waals surface area contributed by atoms with E-state index < -0.39 is 5.97 Å². The van der Waals surface area contributed by atoms with Gasteiger partial charge in [0.05, 0.1) is 20.1 Å². The average Bonchev–Trinajstić information content (AvgIpc) is 4.42. The van der Waals surface area contributed by atoms with Crippen molar-refractivity contribution in [3.05, 3.63) is 176 Å². The number of carboxylic acid groups (broad SMARTS) is 1. The molecule has 2 heterocycles. The van der Waals surface area contributed by atoms with Crippen LogP contribution in [-0.4, -0.2) is 57.6 Å². The van der Waals surface area contributed by atoms with Gasteiger partial charge in [0.1, 0.15) is 30.5 Å². The summed E-state index contributed by atoms with van der Waals surface area (Å²) in [6, 6.07) is 29.1. The van der Waals surface area contributed by atoms with Crippen molar-refractivity contribution in [1.82, 2.24) is 9.97 Å². The second-order valence-electron chi connectivity index (χ2n) is 22.4. The maximum Gasteiger partial charge on any atom is 1.00 e. The number of Topliss-reactive ketones (excluding diaryl/α,β-unsaturated/α-hetero) is 1. The molecule has 0 aliphatic heterocycles. The van der Waals surface area contributed by atoms with E-state index in [4.69, 9.17) is 32.1 Å². The standard InChI is InChI=1S/C27H27NO3.C26H25NO4.2C6H9N.Li.H2O/c1-15-8-21(30-4)9-16(2)25(15)19-7-5-6-18(10-19)14-31-24-12-20-11-22-26(17(3)29)27(22)23(20)13-28-24;1-14-7-19(30-3)8-15(2)23(14)17-6-4-5-16(9-17)13-31-22-11-18-10-20-24(21(18)12-27-22)25(20)26(28)29;2*1-6(7-2)4-3-5-6;;/h5-10,12-13,22,26-27H,11,14H2,1-4H3;4-9,11-12,20,24-25H,10,13H2,1-3H3,(H,28,29);2*3-5H2,1H3;;1H2/q;;;;+1;/p-1/t22-,26-,27?;20-,24?,25+;;;;/m01..../s1. The van der Waals surface area contributed by atoms with Crippen LogP contribution in [-0.2, 0) is 35.6 Å². The topological polar surface area (TPSA) is 156 Å². The Morgan fingerprint density at radius 2 is 1.01 bits per heavy atom. The van der Waals surface area contributed by atoms with Crippen LogP contribution in [0.15, 0.2) is 97.3 Å². The number of carbonyl (C=O) groups is 2. The third-order valence-electron chi connectivity index (χ3n) is 16.8. The van der Waals surface area contributed by atoms with E-state index >= 15 is 0 Å². The molecule has 13 heteroatoms. The number of carbonyl (C=O) groups excluding carboxylic acids is 1. The van der Waals surface area contributed by atoms with Gasteiger partial charge >= 0.3 is 24.8 Å². The molecule has 6 aliphatic carbocycles. The summed E-state index contributed by atoms with van der Waals surface area (Å²) in [5.41, 5.74) is 16.6. The van der Waals surface area contributed by atoms with E-state index in [9.17, 15) is 14.7 Å². The molecular weight excluding hydrogens is 972 g/mol. The van der Waals surface area contributed by atoms with Gasteiger partial charge in [-0.1, -0.05) is 36.4 Å². The molecule has 2 aromatic heterocycles. The number of rotatable bonds is 12. The first-order valence-corrected chi connectivity index (χ1v) is 26.7. The molecule has 2 unspecified atom stereocenters. The number of hydrogen-bond acceptors (Lipinski definition) is 9. The zero-order chi connectivity index (χ0) is 54.1. The van der Waals surface area contributed by atoms with Crippen molar-refractivity contribution in [3.8, 4) is 45.5 Å². The van der Waals surface area contributed by atoms with Crippen LogP contribution in [0.5, 0.6) is 23.3 Å². The number of pyridine rings is 2. The number of methoxy groups -OCH3 is 2. The molecule has 4 aromatic carbocycles. The second-order valence-corrected chi connectivity index (χ2v) is 22.4. The van der Waals surface area contributed by atoms with Crippen LogP contribution < -0.4 is 37.8 Å². The third kappa shape index (κ3) is 12.6. The quantitative estimate of drug-likeness (QED) is 0.0925. The zero-order valence-electron chi connectivity index (χ0n) is 46.9. The fourth-order valence-electron chi connectivity index (χ4n) is 12.1. The zero-order valence-corrected chi connectivity index (χ0v) is 46.9. The molecule has 4 fully saturated rings. The number of benzene rings is 4. The second kappa shape index (κ2) is 24.4. The Balaban J connectivity index is 0.000000177. The first-order chi connectivity index (χ1) is 36.4. The fourth-order valence-corrected chi connectivity index (χ4v) is 12.1. The number of nitrogens with zero attached hydrogens (tertiary/aromatic N) is 4. The van der Waals surface area contributed by atoms with Gasteiger partial charge < -0.3 is 39.2 Å². The molecule has 78 heavy (non-hydrogen) atoms. The Morgan fingerprint density at radius 1 is 0.628 bits per heavy atom. The molecule has 6 aromatic rings. The van der Waals surface area contributed by atoms with Gasteiger partial charge in [-0.15, -0.1) is 0 Å². The minimum atomic E-state index is -0.691. The van der Waals surface area contributed by atoms with Crippen molar-refractivity contribution < 1.29 is 58.0 Å². The summed E-state index contributed by atoms with van der Waals surface area (Å²) < 4.78 is 22.8. The number of aliphatic carboxylic acids is 1. The van der Waals surface area contributed by atoms with Gasteiger partial charge in [-0.2, -0.15) is 0 Å². The van der Waals surface area contributed by atoms with E-state index in [2.05, 4.69) is 120 Å². The van der Waals surface area contributed by atoms with E-state index in [1.165, 1.54) is 68.5 Å². The first kappa shape index (κ1) is 58.7. The Bertz CT molecular complexity index is 3020. The predicted molar refractivity (Wildman–Crippen MR) is 298 cm³/mol. The van der Waals surface area contributed by atoms with Crippen LogP contribution >= 0.6 is 0 Å². The smallest absolute Gasteiger partial charge is 0.870 e. The predicted octanol–water partition coefficient (Wildman–Crippen LogP) is 10.9. The summed E-state index contributed by atoms with van der Waals surface area (Å²) in [6.07, 6.45) is 12.5. The SMILES string of the molecule is COc1cc(C)c(-c2cccc(COc3cc4c(cn3)C3[C@@H](C4)[C@@H]3C(=O)O)c2)c(C)c1.COc1cc(C)c(-c2cccc(COc3cc4c(cn3)C3[C@@H](C4)[C@@H]3C(C)=O)c2)c(C)c1.[C-]#[N+]C1(C)CCC1.[C-]#[N+]C1(C)CCC1.[Li+].[OH-]. The summed E-state index contributed by atoms with van der Waals surface area (Å²) in [5, 5.41) is 9.26. The van der Waals surface area contributed by atoms with Gasteiger partial charge in [0, 0.05) is 75.9 Å². The molecule has 0 saturated heterocycles. The largest absolute Gasteiger partial charge is 1.00 e. The number of aromatic nitrogens is 2. The molecule has 0 spiro atoms. The van der Waals surface area contributed by atoms with Gasteiger partial charge in [0.15, 0.2) is 0 Å². The van der Waals surface area contributed by atoms with Gasteiger partial charge in [-0.25, -0.2) is 23.1 Å². The summed E-state index contributed by atoms with van der Waals surface area (Å²) in [4.78, 5) is 38.9. The molecule has 0 amide bonds. The Kier molecular flexibility index (Phi) is 18.4. The number of hydrogen-bond donors (Lipinski definition) is 1. The van der Waals surface area contributed by atoms with Gasteiger partial charge in [-0.05, 0) is 192 Å². The Morgan fingerprint density at radius 3 is 1.33 bits per heavy atom. The molecule has 12 nitrogen and oxygen atoms in total. The molecule has 0 bridgehead atoms. The van der Waals surface area contributed by atoms with Crippen LogP contribution in [0.1, 0.15) is 127 Å². The van der Waals surface area contributed by atoms with Gasteiger partial charge in [-0.3, -0.25) is 9.59 Å². The van der Waals surface area contributed by atoms with Crippen LogP contribution in [0.25, 0.3) is 31.9 Å². The average molecular weight is 1040 g/mol. The van der Waals surface area contributed by atoms with E-state index in [1.54, 1.807) is 27.3 Å². The molecule has 4 saturated carbocycles. The maximum absolute atomic E-state index is 11.7. The molecular formula is C65H71LiN4O8. The summed E-state index contributed by atoms with van der Waals surface area (Å²) >= 11 is 0. The minimum Gasteiger partial charge on any atom is -0.870 e. The molecule has 6 atom stereocenters. The number of fused-ring (bicyclic) bond motifs is 6. The van der Waals surface area contributed by atoms with Crippen molar-refractivity contribution in [1.29, 1.82) is 0 Å². The number of aryl methyl sites for hydroxylation is 4. The molecule has 0 radical (unpaired) electrons. The summed E-state index contributed by atoms with van der Waals surface area (Å²) in [6.45, 7) is 28.5. The molecule has 6 aliphatic rings. The van der Waals surface area contributed by atoms with Crippen molar-refractivity contribution in [2.24, 2.45) is 23.7 Å². The molecule has 2 N–H and O–H groups in total. The van der Waals surface area contributed by atoms with E-state index in [-0.39, 0.29) is 59.1 Å². The minimum absolute atomic E-state index is 0. The van der Waals surface area contributed by atoms with Crippen LogP contribution in [0.3, 0.4) is 0 Å². The monoisotopic (exact) mass is 1040 g/mol. The Labute approximate surface area is 472 Å². The van der Waals surface area contributed by atoms with Crippen LogP contribution in [0.4, 0.5) is 0 Å². The third-order valence-corrected chi connectivity index (χ3v) is 16.8. The fraction of sp³-hybridized carbons (Fsp3) is 0.415. The van der Waals surface area contributed by atoms with E-state index in [0.717, 1.165) is 72.3 Å². The van der Waals surface area contributed by atoms with Gasteiger partial charge in [0.2, 0.25) is 22.8 Å². The van der Waals surface area contributed by atoms with E-state index in [0.29, 0.717) is 42.6 Å². The maximum atomic E-state index is 11.7. The number of carboxylic acids is 1. The van der Waals surface area contributed by atoms with Crippen molar-refractivity contribution in [2.75, 3.05) is 14.2 Å². The van der Waals surface area contributed by atoms with Crippen molar-refractivity contribution >= 4 is 11.8 Å². The normalized spacial score (nSPS) is 21.0. The first-order valence-electron chi connectivity index (χ1n) is 26.7. The summed E-state index contributed by atoms with van der Waals surface area (Å²) in [5.74, 6) is 3.85. The van der Waals surface area contributed by atoms with E-state index in [1.807, 2.05) is 32.2 Å². The summed E-state index contributed by atoms with van der Waals surface area (Å²) in [7, 11) is 3.38. The van der Waals surface area contributed by atoms with Crippen LogP contribution in [0, 0.1) is 64.5 Å². The van der Waals surface area contributed by atoms with Gasteiger partial charge in [0.25, 0.3) is 0 Å². The van der Waals surface area contributed by atoms with Crippen molar-refractivity contribution in [3.63, 3.8) is 0 Å². The Hall–Kier alpha value is -6.94. The molecule has 12 rings (SSSR count). The van der Waals surface area contributed by atoms with Crippen LogP contribution in [0.2, 0.25) is 0 Å². The number of ketones is 1. The van der Waals surface area contributed by atoms with Crippen molar-refractivity contribution in [2.45, 2.75) is 136 Å². The number of ether oxygens (including phenoxy) is 4. The molecule has 400 valence electrons.